The summed E-state index contributed by atoms with van der Waals surface area (Å²) in [6.45, 7) is 0.102. The third-order valence-corrected chi connectivity index (χ3v) is 3.83. The highest BCUT2D eigenvalue weighted by Gasteiger charge is 2.11. The highest BCUT2D eigenvalue weighted by molar-refractivity contribution is 6.34. The van der Waals surface area contributed by atoms with Crippen molar-refractivity contribution in [3.8, 4) is 0 Å². The Morgan fingerprint density at radius 2 is 1.87 bits per heavy atom. The van der Waals surface area contributed by atoms with Crippen LogP contribution in [0.25, 0.3) is 10.8 Å². The predicted octanol–water partition coefficient (Wildman–Crippen LogP) is 3.68. The number of aromatic nitrogens is 1. The molecule has 1 aromatic heterocycles. The fraction of sp³-hybridized carbons (Fsp3) is 0.111. The van der Waals surface area contributed by atoms with E-state index in [2.05, 4.69) is 10.3 Å². The maximum atomic E-state index is 12.3. The second kappa shape index (κ2) is 6.77. The minimum absolute atomic E-state index is 0.102. The first-order valence-electron chi connectivity index (χ1n) is 7.24. The molecule has 23 heavy (non-hydrogen) atoms. The molecule has 0 saturated heterocycles. The number of fused-ring (bicyclic) bond motifs is 1. The molecular weight excluding hydrogens is 312 g/mol. The molecular formula is C18H15ClN2O2. The van der Waals surface area contributed by atoms with Crippen molar-refractivity contribution in [2.45, 2.75) is 6.42 Å². The number of nitrogens with zero attached hydrogens (tertiary/aromatic N) is 1. The number of hydrogen-bond donors (Lipinski definition) is 2. The normalized spacial score (nSPS) is 10.7. The van der Waals surface area contributed by atoms with E-state index in [-0.39, 0.29) is 18.2 Å². The topological polar surface area (TPSA) is 62.2 Å². The zero-order valence-corrected chi connectivity index (χ0v) is 13.0. The van der Waals surface area contributed by atoms with Crippen LogP contribution in [-0.4, -0.2) is 22.6 Å². The van der Waals surface area contributed by atoms with Crippen molar-refractivity contribution in [2.24, 2.45) is 0 Å². The Morgan fingerprint density at radius 1 is 1.13 bits per heavy atom. The molecule has 2 N–H and O–H groups in total. The first kappa shape index (κ1) is 15.5. The second-order valence-electron chi connectivity index (χ2n) is 5.14. The number of nitrogens with one attached hydrogen (secondary N) is 1. The molecule has 2 aromatic carbocycles. The molecule has 116 valence electrons. The Morgan fingerprint density at radius 3 is 2.61 bits per heavy atom. The van der Waals surface area contributed by atoms with Crippen LogP contribution in [0.5, 0.6) is 0 Å². The maximum absolute atomic E-state index is 12.3. The molecule has 3 aromatic rings. The number of carbonyl (C=O) groups is 1. The van der Waals surface area contributed by atoms with Crippen LogP contribution in [0.4, 0.5) is 5.69 Å². The fourth-order valence-corrected chi connectivity index (χ4v) is 2.61. The molecule has 0 aliphatic carbocycles. The summed E-state index contributed by atoms with van der Waals surface area (Å²) in [5.74, 6) is -0.312. The number of amides is 1. The van der Waals surface area contributed by atoms with Crippen LogP contribution in [0, 0.1) is 0 Å². The van der Waals surface area contributed by atoms with Gasteiger partial charge in [0.25, 0.3) is 5.91 Å². The number of hydrogen-bond acceptors (Lipinski definition) is 3. The van der Waals surface area contributed by atoms with Crippen molar-refractivity contribution in [3.63, 3.8) is 0 Å². The van der Waals surface area contributed by atoms with Gasteiger partial charge in [0.1, 0.15) is 10.8 Å². The summed E-state index contributed by atoms with van der Waals surface area (Å²) < 4.78 is 0. The van der Waals surface area contributed by atoms with Crippen LogP contribution in [-0.2, 0) is 6.42 Å². The molecule has 1 heterocycles. The van der Waals surface area contributed by atoms with Gasteiger partial charge in [0.05, 0.1) is 0 Å². The molecule has 0 radical (unpaired) electrons. The van der Waals surface area contributed by atoms with Crippen LogP contribution in [0.3, 0.4) is 0 Å². The lowest BCUT2D eigenvalue weighted by atomic mass is 10.1. The van der Waals surface area contributed by atoms with Gasteiger partial charge in [-0.2, -0.15) is 0 Å². The van der Waals surface area contributed by atoms with E-state index in [0.29, 0.717) is 17.3 Å². The van der Waals surface area contributed by atoms with E-state index in [4.69, 9.17) is 16.7 Å². The third kappa shape index (κ3) is 3.50. The summed E-state index contributed by atoms with van der Waals surface area (Å²) in [6, 6.07) is 16.6. The molecule has 0 unspecified atom stereocenters. The standard InChI is InChI=1S/C18H15ClN2O2/c19-17-15-4-2-1-3-13(15)11-16(21-17)18(23)20-14-7-5-12(6-8-14)9-10-22/h1-8,11,22H,9-10H2,(H,20,23). The number of pyridine rings is 1. The van der Waals surface area contributed by atoms with Gasteiger partial charge in [0.15, 0.2) is 0 Å². The molecule has 0 saturated carbocycles. The first-order valence-corrected chi connectivity index (χ1v) is 7.61. The van der Waals surface area contributed by atoms with Crippen LogP contribution >= 0.6 is 11.6 Å². The smallest absolute Gasteiger partial charge is 0.274 e. The molecule has 0 fully saturated rings. The van der Waals surface area contributed by atoms with E-state index >= 15 is 0 Å². The predicted molar refractivity (Wildman–Crippen MR) is 91.9 cm³/mol. The number of benzene rings is 2. The van der Waals surface area contributed by atoms with E-state index in [9.17, 15) is 4.79 Å². The zero-order valence-electron chi connectivity index (χ0n) is 12.3. The van der Waals surface area contributed by atoms with Gasteiger partial charge in [0, 0.05) is 17.7 Å². The fourth-order valence-electron chi connectivity index (χ4n) is 2.35. The van der Waals surface area contributed by atoms with Gasteiger partial charge in [-0.1, -0.05) is 48.0 Å². The summed E-state index contributed by atoms with van der Waals surface area (Å²) in [6.07, 6.45) is 0.593. The summed E-state index contributed by atoms with van der Waals surface area (Å²) >= 11 is 6.15. The molecule has 0 aliphatic rings. The third-order valence-electron chi connectivity index (χ3n) is 3.54. The van der Waals surface area contributed by atoms with Gasteiger partial charge in [-0.25, -0.2) is 4.98 Å². The Balaban J connectivity index is 1.83. The molecule has 1 amide bonds. The molecule has 0 bridgehead atoms. The Labute approximate surface area is 138 Å². The molecule has 0 aliphatic heterocycles. The molecule has 0 spiro atoms. The van der Waals surface area contributed by atoms with Gasteiger partial charge in [-0.15, -0.1) is 0 Å². The minimum Gasteiger partial charge on any atom is -0.396 e. The Kier molecular flexibility index (Phi) is 4.55. The lowest BCUT2D eigenvalue weighted by Crippen LogP contribution is -2.13. The lowest BCUT2D eigenvalue weighted by Gasteiger charge is -2.07. The number of aliphatic hydroxyl groups is 1. The number of carbonyl (C=O) groups excluding carboxylic acids is 1. The highest BCUT2D eigenvalue weighted by atomic mass is 35.5. The van der Waals surface area contributed by atoms with Crippen LogP contribution < -0.4 is 5.32 Å². The molecule has 0 atom stereocenters. The zero-order chi connectivity index (χ0) is 16.2. The van der Waals surface area contributed by atoms with E-state index in [1.165, 1.54) is 0 Å². The molecule has 3 rings (SSSR count). The minimum atomic E-state index is -0.312. The van der Waals surface area contributed by atoms with Gasteiger partial charge in [0.2, 0.25) is 0 Å². The largest absolute Gasteiger partial charge is 0.396 e. The van der Waals surface area contributed by atoms with Crippen molar-refractivity contribution in [1.29, 1.82) is 0 Å². The van der Waals surface area contributed by atoms with Gasteiger partial charge < -0.3 is 10.4 Å². The van der Waals surface area contributed by atoms with Gasteiger partial charge in [-0.05, 0) is 35.6 Å². The van der Waals surface area contributed by atoms with Crippen molar-refractivity contribution < 1.29 is 9.90 Å². The van der Waals surface area contributed by atoms with E-state index in [1.807, 2.05) is 36.4 Å². The average Bonchev–Trinajstić information content (AvgIpc) is 2.57. The van der Waals surface area contributed by atoms with Crippen molar-refractivity contribution in [2.75, 3.05) is 11.9 Å². The lowest BCUT2D eigenvalue weighted by molar-refractivity contribution is 0.102. The van der Waals surface area contributed by atoms with Crippen LogP contribution in [0.15, 0.2) is 54.6 Å². The van der Waals surface area contributed by atoms with E-state index in [1.54, 1.807) is 18.2 Å². The van der Waals surface area contributed by atoms with Crippen molar-refractivity contribution in [1.82, 2.24) is 4.98 Å². The van der Waals surface area contributed by atoms with Crippen molar-refractivity contribution in [3.05, 3.63) is 71.0 Å². The average molecular weight is 327 g/mol. The summed E-state index contributed by atoms with van der Waals surface area (Å²) in [4.78, 5) is 16.5. The summed E-state index contributed by atoms with van der Waals surface area (Å²) in [5.41, 5.74) is 1.95. The first-order chi connectivity index (χ1) is 11.2. The maximum Gasteiger partial charge on any atom is 0.274 e. The van der Waals surface area contributed by atoms with Crippen molar-refractivity contribution >= 4 is 34.0 Å². The summed E-state index contributed by atoms with van der Waals surface area (Å²) in [5, 5.41) is 13.7. The second-order valence-corrected chi connectivity index (χ2v) is 5.50. The monoisotopic (exact) mass is 326 g/mol. The van der Waals surface area contributed by atoms with Crippen LogP contribution in [0.2, 0.25) is 5.15 Å². The highest BCUT2D eigenvalue weighted by Crippen LogP contribution is 2.22. The number of anilines is 1. The number of rotatable bonds is 4. The summed E-state index contributed by atoms with van der Waals surface area (Å²) in [7, 11) is 0. The SMILES string of the molecule is O=C(Nc1ccc(CCO)cc1)c1cc2ccccc2c(Cl)n1. The van der Waals surface area contributed by atoms with Gasteiger partial charge in [-0.3, -0.25) is 4.79 Å². The molecule has 5 heteroatoms. The van der Waals surface area contributed by atoms with Crippen LogP contribution in [0.1, 0.15) is 16.1 Å². The van der Waals surface area contributed by atoms with Gasteiger partial charge >= 0.3 is 0 Å². The Hall–Kier alpha value is -2.43. The Bertz CT molecular complexity index is 847. The molecule has 4 nitrogen and oxygen atoms in total. The van der Waals surface area contributed by atoms with E-state index < -0.39 is 0 Å². The number of aliphatic hydroxyl groups excluding tert-OH is 1. The quantitative estimate of drug-likeness (QED) is 0.719. The van der Waals surface area contributed by atoms with E-state index in [0.717, 1.165) is 16.3 Å². The number of halogens is 1.